The molecule has 1 aliphatic heterocycles. The Labute approximate surface area is 174 Å². The summed E-state index contributed by atoms with van der Waals surface area (Å²) in [7, 11) is 1.49. The molecule has 30 heavy (non-hydrogen) atoms. The number of esters is 1. The number of nitro benzene ring substituents is 1. The average Bonchev–Trinajstić information content (AvgIpc) is 2.69. The highest BCUT2D eigenvalue weighted by Gasteiger charge is 2.35. The third-order valence-electron chi connectivity index (χ3n) is 5.00. The van der Waals surface area contributed by atoms with Crippen LogP contribution in [-0.4, -0.2) is 42.3 Å². The molecule has 0 bridgehead atoms. The number of nitrogens with zero attached hydrogens (tertiary/aromatic N) is 1. The van der Waals surface area contributed by atoms with Gasteiger partial charge in [-0.1, -0.05) is 19.1 Å². The number of hydrogen-bond donors (Lipinski definition) is 2. The second kappa shape index (κ2) is 10.0. The van der Waals surface area contributed by atoms with E-state index in [1.165, 1.54) is 19.2 Å². The van der Waals surface area contributed by atoms with Gasteiger partial charge in [0.25, 0.3) is 5.69 Å². The first-order chi connectivity index (χ1) is 14.2. The number of aliphatic carboxylic acids is 1. The van der Waals surface area contributed by atoms with Crippen molar-refractivity contribution in [3.63, 3.8) is 0 Å². The third kappa shape index (κ3) is 5.24. The number of ether oxygens (including phenoxy) is 2. The van der Waals surface area contributed by atoms with E-state index < -0.39 is 28.7 Å². The van der Waals surface area contributed by atoms with Crippen LogP contribution in [0.15, 0.2) is 46.8 Å². The van der Waals surface area contributed by atoms with Gasteiger partial charge in [-0.2, -0.15) is 0 Å². The zero-order chi connectivity index (χ0) is 22.4. The molecule has 2 unspecified atom stereocenters. The number of dihydropyridines is 1. The van der Waals surface area contributed by atoms with E-state index in [-0.39, 0.29) is 25.3 Å². The van der Waals surface area contributed by atoms with Gasteiger partial charge in [0.2, 0.25) is 0 Å². The predicted molar refractivity (Wildman–Crippen MR) is 109 cm³/mol. The smallest absolute Gasteiger partial charge is 0.336 e. The fraction of sp³-hybridized carbons (Fsp3) is 0.429. The predicted octanol–water partition coefficient (Wildman–Crippen LogP) is 3.13. The molecule has 1 aliphatic rings. The van der Waals surface area contributed by atoms with Gasteiger partial charge in [-0.3, -0.25) is 14.9 Å². The number of carbonyl (C=O) groups is 2. The first kappa shape index (κ1) is 23.1. The number of methoxy groups -OCH3 is 1. The van der Waals surface area contributed by atoms with E-state index in [1.54, 1.807) is 32.9 Å². The van der Waals surface area contributed by atoms with Crippen molar-refractivity contribution in [1.82, 2.24) is 5.32 Å². The van der Waals surface area contributed by atoms with Crippen LogP contribution in [0, 0.1) is 16.0 Å². The molecule has 1 aromatic rings. The van der Waals surface area contributed by atoms with Crippen LogP contribution in [0.25, 0.3) is 0 Å². The number of rotatable bonds is 9. The van der Waals surface area contributed by atoms with Crippen molar-refractivity contribution < 1.29 is 29.1 Å². The van der Waals surface area contributed by atoms with Gasteiger partial charge in [-0.05, 0) is 31.4 Å². The maximum Gasteiger partial charge on any atom is 0.336 e. The number of hydrogen-bond acceptors (Lipinski definition) is 7. The normalized spacial score (nSPS) is 17.4. The largest absolute Gasteiger partial charge is 0.481 e. The Morgan fingerprint density at radius 2 is 1.97 bits per heavy atom. The first-order valence-corrected chi connectivity index (χ1v) is 9.48. The molecule has 0 radical (unpaired) electrons. The minimum Gasteiger partial charge on any atom is -0.481 e. The summed E-state index contributed by atoms with van der Waals surface area (Å²) in [5, 5.41) is 23.8. The SMILES string of the molecule is COCCOC(=O)C1=C(C)NC(C)=C(CC(C)C(=O)O)C1c1cccc([N+](=O)[O-])c1. The van der Waals surface area contributed by atoms with E-state index in [0.29, 0.717) is 28.1 Å². The molecule has 0 fully saturated rings. The highest BCUT2D eigenvalue weighted by molar-refractivity contribution is 5.92. The summed E-state index contributed by atoms with van der Waals surface area (Å²) in [6.45, 7) is 5.37. The van der Waals surface area contributed by atoms with Crippen molar-refractivity contribution in [3.8, 4) is 0 Å². The van der Waals surface area contributed by atoms with Crippen LogP contribution in [0.4, 0.5) is 5.69 Å². The highest BCUT2D eigenvalue weighted by atomic mass is 16.6. The molecular weight excluding hydrogens is 392 g/mol. The van der Waals surface area contributed by atoms with Gasteiger partial charge >= 0.3 is 11.9 Å². The molecule has 0 amide bonds. The van der Waals surface area contributed by atoms with E-state index in [1.807, 2.05) is 0 Å². The maximum absolute atomic E-state index is 12.9. The molecule has 0 saturated carbocycles. The van der Waals surface area contributed by atoms with Gasteiger partial charge in [0.15, 0.2) is 0 Å². The molecule has 0 saturated heterocycles. The van der Waals surface area contributed by atoms with E-state index >= 15 is 0 Å². The molecule has 2 rings (SSSR count). The van der Waals surface area contributed by atoms with Gasteiger partial charge in [-0.15, -0.1) is 0 Å². The van der Waals surface area contributed by atoms with Crippen LogP contribution in [0.1, 0.15) is 38.7 Å². The monoisotopic (exact) mass is 418 g/mol. The summed E-state index contributed by atoms with van der Waals surface area (Å²) in [5.74, 6) is -2.92. The number of nitrogens with one attached hydrogen (secondary N) is 1. The standard InChI is InChI=1S/C21H26N2O7/c1-12(20(24)25)10-17-13(2)22-14(3)18(21(26)30-9-8-29-4)19(17)15-6-5-7-16(11-15)23(27)28/h5-7,11-12,19,22H,8-10H2,1-4H3,(H,24,25). The highest BCUT2D eigenvalue weighted by Crippen LogP contribution is 2.42. The van der Waals surface area contributed by atoms with Crippen LogP contribution < -0.4 is 5.32 Å². The van der Waals surface area contributed by atoms with Crippen LogP contribution in [-0.2, 0) is 19.1 Å². The van der Waals surface area contributed by atoms with E-state index in [0.717, 1.165) is 0 Å². The number of benzene rings is 1. The van der Waals surface area contributed by atoms with E-state index in [4.69, 9.17) is 9.47 Å². The van der Waals surface area contributed by atoms with Gasteiger partial charge in [-0.25, -0.2) is 4.79 Å². The second-order valence-corrected chi connectivity index (χ2v) is 7.17. The van der Waals surface area contributed by atoms with Crippen molar-refractivity contribution in [2.75, 3.05) is 20.3 Å². The van der Waals surface area contributed by atoms with Gasteiger partial charge < -0.3 is 19.9 Å². The molecule has 9 nitrogen and oxygen atoms in total. The van der Waals surface area contributed by atoms with Crippen molar-refractivity contribution in [1.29, 1.82) is 0 Å². The number of carboxylic acid groups (broad SMARTS) is 1. The van der Waals surface area contributed by atoms with Crippen molar-refractivity contribution in [2.24, 2.45) is 5.92 Å². The lowest BCUT2D eigenvalue weighted by molar-refractivity contribution is -0.384. The van der Waals surface area contributed by atoms with Gasteiger partial charge in [0, 0.05) is 36.6 Å². The molecule has 2 atom stereocenters. The fourth-order valence-corrected chi connectivity index (χ4v) is 3.48. The summed E-state index contributed by atoms with van der Waals surface area (Å²) in [6.07, 6.45) is 0.170. The summed E-state index contributed by atoms with van der Waals surface area (Å²) < 4.78 is 10.2. The summed E-state index contributed by atoms with van der Waals surface area (Å²) in [4.78, 5) is 35.2. The molecule has 9 heteroatoms. The summed E-state index contributed by atoms with van der Waals surface area (Å²) in [5.41, 5.74) is 2.65. The third-order valence-corrected chi connectivity index (χ3v) is 5.00. The second-order valence-electron chi connectivity index (χ2n) is 7.17. The minimum absolute atomic E-state index is 0.0529. The topological polar surface area (TPSA) is 128 Å². The lowest BCUT2D eigenvalue weighted by Crippen LogP contribution is -2.30. The Balaban J connectivity index is 2.57. The minimum atomic E-state index is -0.969. The Kier molecular flexibility index (Phi) is 7.71. The number of non-ortho nitro benzene ring substituents is 1. The molecule has 162 valence electrons. The van der Waals surface area contributed by atoms with Crippen LogP contribution in [0.5, 0.6) is 0 Å². The molecule has 0 aromatic heterocycles. The number of allylic oxidation sites excluding steroid dienone is 3. The molecule has 1 heterocycles. The molecule has 0 aliphatic carbocycles. The van der Waals surface area contributed by atoms with Crippen LogP contribution >= 0.6 is 0 Å². The average molecular weight is 418 g/mol. The Morgan fingerprint density at radius 3 is 2.57 bits per heavy atom. The number of nitro groups is 1. The Hall–Kier alpha value is -3.20. The molecule has 0 spiro atoms. The summed E-state index contributed by atoms with van der Waals surface area (Å²) >= 11 is 0. The van der Waals surface area contributed by atoms with E-state index in [2.05, 4.69) is 5.32 Å². The van der Waals surface area contributed by atoms with Crippen molar-refractivity contribution >= 4 is 17.6 Å². The zero-order valence-electron chi connectivity index (χ0n) is 17.4. The lowest BCUT2D eigenvalue weighted by atomic mass is 9.77. The summed E-state index contributed by atoms with van der Waals surface area (Å²) in [6, 6.07) is 6.02. The van der Waals surface area contributed by atoms with Crippen molar-refractivity contribution in [2.45, 2.75) is 33.1 Å². The van der Waals surface area contributed by atoms with Gasteiger partial charge in [0.05, 0.1) is 23.0 Å². The Bertz CT molecular complexity index is 904. The number of carboxylic acids is 1. The molecule has 1 aromatic carbocycles. The van der Waals surface area contributed by atoms with Crippen LogP contribution in [0.3, 0.4) is 0 Å². The lowest BCUT2D eigenvalue weighted by Gasteiger charge is -2.32. The number of carbonyl (C=O) groups excluding carboxylic acids is 1. The fourth-order valence-electron chi connectivity index (χ4n) is 3.48. The quantitative estimate of drug-likeness (QED) is 0.271. The first-order valence-electron chi connectivity index (χ1n) is 9.48. The molecule has 2 N–H and O–H groups in total. The Morgan fingerprint density at radius 1 is 1.27 bits per heavy atom. The van der Waals surface area contributed by atoms with Gasteiger partial charge in [0.1, 0.15) is 6.61 Å². The maximum atomic E-state index is 12.9. The zero-order valence-corrected chi connectivity index (χ0v) is 17.4. The van der Waals surface area contributed by atoms with Crippen molar-refractivity contribution in [3.05, 3.63) is 62.5 Å². The van der Waals surface area contributed by atoms with Crippen LogP contribution in [0.2, 0.25) is 0 Å². The molecular formula is C21H26N2O7. The van der Waals surface area contributed by atoms with E-state index in [9.17, 15) is 24.8 Å².